The third-order valence-corrected chi connectivity index (χ3v) is 3.54. The number of aliphatic hydroxyl groups is 4. The molecule has 1 aliphatic heterocycles. The van der Waals surface area contributed by atoms with Gasteiger partial charge in [0.25, 0.3) is 0 Å². The zero-order chi connectivity index (χ0) is 16.0. The van der Waals surface area contributed by atoms with Gasteiger partial charge in [0, 0.05) is 11.0 Å². The molecule has 8 heteroatoms. The van der Waals surface area contributed by atoms with Crippen LogP contribution in [0.5, 0.6) is 11.5 Å². The standard InChI is InChI=1S/C14H14O8/c15-7-2-1-5-3-8(22-13(5)11(7)18)9(16)6-4-21-14(20)12(19)10(6)17/h1-4,9-10,12,14-20H/t9?,10-,12+,14-/m0/s1. The number of phenols is 2. The summed E-state index contributed by atoms with van der Waals surface area (Å²) in [6.45, 7) is 0. The predicted octanol–water partition coefficient (Wildman–Crippen LogP) is -0.168. The molecule has 4 atom stereocenters. The summed E-state index contributed by atoms with van der Waals surface area (Å²) in [6, 6.07) is 4.15. The molecule has 0 bridgehead atoms. The van der Waals surface area contributed by atoms with Crippen molar-refractivity contribution in [3.63, 3.8) is 0 Å². The first-order valence-electron chi connectivity index (χ1n) is 6.42. The van der Waals surface area contributed by atoms with Gasteiger partial charge < -0.3 is 39.8 Å². The van der Waals surface area contributed by atoms with Crippen LogP contribution in [0, 0.1) is 0 Å². The van der Waals surface area contributed by atoms with Crippen molar-refractivity contribution in [2.24, 2.45) is 0 Å². The topological polar surface area (TPSA) is 144 Å². The summed E-state index contributed by atoms with van der Waals surface area (Å²) in [5, 5.41) is 58.5. The maximum atomic E-state index is 10.2. The highest BCUT2D eigenvalue weighted by molar-refractivity contribution is 5.86. The number of ether oxygens (including phenoxy) is 1. The second kappa shape index (κ2) is 5.18. The number of fused-ring (bicyclic) bond motifs is 1. The van der Waals surface area contributed by atoms with E-state index < -0.39 is 30.4 Å². The van der Waals surface area contributed by atoms with Gasteiger partial charge in [-0.15, -0.1) is 0 Å². The van der Waals surface area contributed by atoms with Crippen LogP contribution in [0.3, 0.4) is 0 Å². The van der Waals surface area contributed by atoms with Gasteiger partial charge in [-0.25, -0.2) is 0 Å². The lowest BCUT2D eigenvalue weighted by Crippen LogP contribution is -2.43. The van der Waals surface area contributed by atoms with Gasteiger partial charge in [-0.1, -0.05) is 0 Å². The van der Waals surface area contributed by atoms with E-state index in [1.54, 1.807) is 0 Å². The van der Waals surface area contributed by atoms with Crippen LogP contribution in [0.4, 0.5) is 0 Å². The van der Waals surface area contributed by atoms with Crippen LogP contribution < -0.4 is 0 Å². The van der Waals surface area contributed by atoms with Gasteiger partial charge in [0.1, 0.15) is 24.1 Å². The first-order valence-corrected chi connectivity index (χ1v) is 6.42. The number of hydrogen-bond acceptors (Lipinski definition) is 8. The number of furan rings is 1. The number of hydrogen-bond donors (Lipinski definition) is 6. The van der Waals surface area contributed by atoms with Crippen LogP contribution in [0.25, 0.3) is 11.0 Å². The first kappa shape index (κ1) is 14.7. The lowest BCUT2D eigenvalue weighted by molar-refractivity contribution is -0.172. The van der Waals surface area contributed by atoms with E-state index in [2.05, 4.69) is 0 Å². The Morgan fingerprint density at radius 2 is 1.82 bits per heavy atom. The quantitative estimate of drug-likeness (QED) is 0.420. The molecule has 3 rings (SSSR count). The second-order valence-electron chi connectivity index (χ2n) is 4.98. The Hall–Kier alpha value is -2.26. The summed E-state index contributed by atoms with van der Waals surface area (Å²) in [4.78, 5) is 0. The number of aliphatic hydroxyl groups excluding tert-OH is 4. The molecule has 0 radical (unpaired) electrons. The molecule has 1 aromatic carbocycles. The Balaban J connectivity index is 1.99. The van der Waals surface area contributed by atoms with Crippen molar-refractivity contribution in [3.8, 4) is 11.5 Å². The molecule has 1 unspecified atom stereocenters. The molecule has 0 amide bonds. The molecule has 0 saturated heterocycles. The normalized spacial score (nSPS) is 26.5. The van der Waals surface area contributed by atoms with Crippen LogP contribution in [-0.4, -0.2) is 49.1 Å². The van der Waals surface area contributed by atoms with Crippen molar-refractivity contribution >= 4 is 11.0 Å². The Morgan fingerprint density at radius 1 is 1.09 bits per heavy atom. The minimum atomic E-state index is -1.61. The monoisotopic (exact) mass is 310 g/mol. The molecule has 0 fully saturated rings. The molecule has 0 saturated carbocycles. The first-order chi connectivity index (χ1) is 10.4. The Morgan fingerprint density at radius 3 is 2.55 bits per heavy atom. The van der Waals surface area contributed by atoms with E-state index in [0.29, 0.717) is 5.39 Å². The van der Waals surface area contributed by atoms with Gasteiger partial charge in [0.05, 0.1) is 6.26 Å². The molecular weight excluding hydrogens is 296 g/mol. The molecule has 8 nitrogen and oxygen atoms in total. The van der Waals surface area contributed by atoms with Crippen LogP contribution >= 0.6 is 0 Å². The van der Waals surface area contributed by atoms with Crippen LogP contribution in [0.1, 0.15) is 11.9 Å². The van der Waals surface area contributed by atoms with Crippen molar-refractivity contribution in [2.75, 3.05) is 0 Å². The fourth-order valence-electron chi connectivity index (χ4n) is 2.27. The van der Waals surface area contributed by atoms with E-state index in [4.69, 9.17) is 9.15 Å². The molecule has 6 N–H and O–H groups in total. The largest absolute Gasteiger partial charge is 0.504 e. The Kier molecular flexibility index (Phi) is 3.45. The smallest absolute Gasteiger partial charge is 0.225 e. The van der Waals surface area contributed by atoms with Crippen molar-refractivity contribution in [2.45, 2.75) is 24.6 Å². The second-order valence-corrected chi connectivity index (χ2v) is 4.98. The van der Waals surface area contributed by atoms with Gasteiger partial charge in [0.15, 0.2) is 11.3 Å². The van der Waals surface area contributed by atoms with E-state index in [1.807, 2.05) is 0 Å². The highest BCUT2D eigenvalue weighted by Crippen LogP contribution is 2.38. The number of aromatic hydroxyl groups is 2. The molecular formula is C14H14O8. The molecule has 0 spiro atoms. The summed E-state index contributed by atoms with van der Waals surface area (Å²) in [5.41, 5.74) is -0.137. The van der Waals surface area contributed by atoms with Crippen molar-refractivity contribution in [3.05, 3.63) is 35.8 Å². The molecule has 2 aromatic rings. The SMILES string of the molecule is Oc1ccc2cc(C(O)C3=CO[C@H](O)[C@H](O)[C@H]3O)oc2c1O. The lowest BCUT2D eigenvalue weighted by Gasteiger charge is -2.30. The molecule has 1 aliphatic rings. The third-order valence-electron chi connectivity index (χ3n) is 3.54. The highest BCUT2D eigenvalue weighted by Gasteiger charge is 2.37. The van der Waals surface area contributed by atoms with Crippen molar-refractivity contribution < 1.29 is 39.8 Å². The minimum absolute atomic E-state index is 0.0264. The minimum Gasteiger partial charge on any atom is -0.504 e. The van der Waals surface area contributed by atoms with E-state index in [1.165, 1.54) is 18.2 Å². The zero-order valence-corrected chi connectivity index (χ0v) is 11.1. The number of rotatable bonds is 2. The van der Waals surface area contributed by atoms with Gasteiger partial charge in [-0.3, -0.25) is 0 Å². The van der Waals surface area contributed by atoms with E-state index in [9.17, 15) is 30.6 Å². The number of phenolic OH excluding ortho intramolecular Hbond substituents is 2. The zero-order valence-electron chi connectivity index (χ0n) is 11.1. The van der Waals surface area contributed by atoms with Gasteiger partial charge in [-0.05, 0) is 18.2 Å². The predicted molar refractivity (Wildman–Crippen MR) is 71.7 cm³/mol. The van der Waals surface area contributed by atoms with Crippen LogP contribution in [0.15, 0.2) is 34.5 Å². The van der Waals surface area contributed by atoms with Crippen molar-refractivity contribution in [1.82, 2.24) is 0 Å². The average molecular weight is 310 g/mol. The van der Waals surface area contributed by atoms with Gasteiger partial charge in [0.2, 0.25) is 12.0 Å². The molecule has 1 aromatic heterocycles. The highest BCUT2D eigenvalue weighted by atomic mass is 16.6. The summed E-state index contributed by atoms with van der Waals surface area (Å²) in [5.74, 6) is -0.879. The molecule has 2 heterocycles. The summed E-state index contributed by atoms with van der Waals surface area (Å²) in [6.07, 6.45) is -5.28. The average Bonchev–Trinajstić information content (AvgIpc) is 2.93. The molecule has 118 valence electrons. The maximum absolute atomic E-state index is 10.2. The van der Waals surface area contributed by atoms with E-state index >= 15 is 0 Å². The molecule has 22 heavy (non-hydrogen) atoms. The fraction of sp³-hybridized carbons (Fsp3) is 0.286. The fourth-order valence-corrected chi connectivity index (χ4v) is 2.27. The van der Waals surface area contributed by atoms with Gasteiger partial charge >= 0.3 is 0 Å². The lowest BCUT2D eigenvalue weighted by atomic mass is 9.97. The summed E-state index contributed by atoms with van der Waals surface area (Å²) < 4.78 is 10.0. The summed E-state index contributed by atoms with van der Waals surface area (Å²) in [7, 11) is 0. The maximum Gasteiger partial charge on any atom is 0.225 e. The third kappa shape index (κ3) is 2.18. The van der Waals surface area contributed by atoms with E-state index in [0.717, 1.165) is 6.26 Å². The Labute approximate surface area is 123 Å². The van der Waals surface area contributed by atoms with E-state index in [-0.39, 0.29) is 22.7 Å². The summed E-state index contributed by atoms with van der Waals surface area (Å²) >= 11 is 0. The van der Waals surface area contributed by atoms with Crippen LogP contribution in [0.2, 0.25) is 0 Å². The van der Waals surface area contributed by atoms with Crippen LogP contribution in [-0.2, 0) is 4.74 Å². The number of benzene rings is 1. The Bertz CT molecular complexity index is 734. The van der Waals surface area contributed by atoms with Crippen molar-refractivity contribution in [1.29, 1.82) is 0 Å². The van der Waals surface area contributed by atoms with Gasteiger partial charge in [-0.2, -0.15) is 0 Å². The molecule has 0 aliphatic carbocycles.